The van der Waals surface area contributed by atoms with E-state index < -0.39 is 28.0 Å². The number of nitrogens with zero attached hydrogens (tertiary/aromatic N) is 1. The van der Waals surface area contributed by atoms with Crippen molar-refractivity contribution < 1.29 is 27.5 Å². The first-order valence-electron chi connectivity index (χ1n) is 9.54. The highest BCUT2D eigenvalue weighted by molar-refractivity contribution is 7.89. The van der Waals surface area contributed by atoms with Crippen LogP contribution in [0.4, 0.5) is 5.69 Å². The van der Waals surface area contributed by atoms with Crippen LogP contribution in [-0.2, 0) is 24.3 Å². The molecule has 0 bridgehead atoms. The molecule has 2 aromatic rings. The van der Waals surface area contributed by atoms with Gasteiger partial charge in [0, 0.05) is 18.8 Å². The third-order valence-corrected chi connectivity index (χ3v) is 6.63. The summed E-state index contributed by atoms with van der Waals surface area (Å²) in [6.45, 7) is 4.30. The van der Waals surface area contributed by atoms with Crippen LogP contribution in [0.3, 0.4) is 0 Å². The predicted molar refractivity (Wildman–Crippen MR) is 111 cm³/mol. The zero-order valence-corrected chi connectivity index (χ0v) is 17.6. The molecule has 1 aliphatic heterocycles. The minimum atomic E-state index is -3.75. The quantitative estimate of drug-likeness (QED) is 0.702. The standard InChI is InChI=1S/C21H24N2O6S/c1-15-8-9-18(30(26,27)23-10-12-28-13-11-23)14-19(15)21(25)29-16(2)20(24)22-17-6-4-3-5-7-17/h3-9,14,16H,10-13H2,1-2H3,(H,22,24). The van der Waals surface area contributed by atoms with E-state index in [1.165, 1.54) is 23.4 Å². The van der Waals surface area contributed by atoms with Crippen molar-refractivity contribution in [2.45, 2.75) is 24.8 Å². The van der Waals surface area contributed by atoms with Crippen molar-refractivity contribution >= 4 is 27.6 Å². The third kappa shape index (κ3) is 5.05. The van der Waals surface area contributed by atoms with Gasteiger partial charge >= 0.3 is 5.97 Å². The molecule has 1 N–H and O–H groups in total. The zero-order chi connectivity index (χ0) is 21.7. The number of esters is 1. The molecule has 9 heteroatoms. The molecule has 1 fully saturated rings. The Bertz CT molecular complexity index is 1020. The summed E-state index contributed by atoms with van der Waals surface area (Å²) < 4.78 is 37.5. The lowest BCUT2D eigenvalue weighted by atomic mass is 10.1. The maximum Gasteiger partial charge on any atom is 0.339 e. The van der Waals surface area contributed by atoms with Crippen molar-refractivity contribution in [2.24, 2.45) is 0 Å². The van der Waals surface area contributed by atoms with Crippen molar-refractivity contribution in [1.82, 2.24) is 4.31 Å². The smallest absolute Gasteiger partial charge is 0.339 e. The Hall–Kier alpha value is -2.75. The van der Waals surface area contributed by atoms with Gasteiger partial charge in [-0.15, -0.1) is 0 Å². The number of sulfonamides is 1. The molecule has 1 heterocycles. The van der Waals surface area contributed by atoms with Crippen LogP contribution in [0.5, 0.6) is 0 Å². The fourth-order valence-corrected chi connectivity index (χ4v) is 4.40. The number of benzene rings is 2. The molecule has 160 valence electrons. The first-order chi connectivity index (χ1) is 14.3. The number of rotatable bonds is 6. The maximum absolute atomic E-state index is 12.9. The number of ether oxygens (including phenoxy) is 2. The fraction of sp³-hybridized carbons (Fsp3) is 0.333. The summed E-state index contributed by atoms with van der Waals surface area (Å²) in [5, 5.41) is 2.66. The molecule has 30 heavy (non-hydrogen) atoms. The van der Waals surface area contributed by atoms with Gasteiger partial charge in [0.2, 0.25) is 10.0 Å². The average molecular weight is 432 g/mol. The van der Waals surface area contributed by atoms with Gasteiger partial charge in [0.15, 0.2) is 6.10 Å². The van der Waals surface area contributed by atoms with Crippen LogP contribution < -0.4 is 5.32 Å². The summed E-state index contributed by atoms with van der Waals surface area (Å²) in [5.74, 6) is -1.24. The Morgan fingerprint density at radius 3 is 2.43 bits per heavy atom. The minimum absolute atomic E-state index is 0.00309. The molecular weight excluding hydrogens is 408 g/mol. The van der Waals surface area contributed by atoms with Gasteiger partial charge < -0.3 is 14.8 Å². The molecule has 1 saturated heterocycles. The molecule has 0 aromatic heterocycles. The van der Waals surface area contributed by atoms with Gasteiger partial charge in [-0.2, -0.15) is 4.31 Å². The Balaban J connectivity index is 1.74. The molecule has 8 nitrogen and oxygen atoms in total. The molecular formula is C21H24N2O6S. The number of aryl methyl sites for hydroxylation is 1. The van der Waals surface area contributed by atoms with Crippen molar-refractivity contribution in [3.63, 3.8) is 0 Å². The molecule has 1 aliphatic rings. The van der Waals surface area contributed by atoms with Crippen LogP contribution in [0.15, 0.2) is 53.4 Å². The number of nitrogens with one attached hydrogen (secondary N) is 1. The third-order valence-electron chi connectivity index (χ3n) is 4.73. The van der Waals surface area contributed by atoms with E-state index in [0.29, 0.717) is 24.5 Å². The second kappa shape index (κ2) is 9.38. The highest BCUT2D eigenvalue weighted by atomic mass is 32.2. The summed E-state index contributed by atoms with van der Waals surface area (Å²) in [6.07, 6.45) is -1.06. The van der Waals surface area contributed by atoms with Crippen LogP contribution in [-0.4, -0.2) is 57.0 Å². The average Bonchev–Trinajstić information content (AvgIpc) is 2.75. The van der Waals surface area contributed by atoms with E-state index in [9.17, 15) is 18.0 Å². The molecule has 1 amide bonds. The number of para-hydroxylation sites is 1. The highest BCUT2D eigenvalue weighted by Gasteiger charge is 2.28. The predicted octanol–water partition coefficient (Wildman–Crippen LogP) is 2.20. The topological polar surface area (TPSA) is 102 Å². The van der Waals surface area contributed by atoms with E-state index in [0.717, 1.165) is 0 Å². The first-order valence-corrected chi connectivity index (χ1v) is 11.0. The number of carbonyl (C=O) groups excluding carboxylic acids is 2. The molecule has 3 rings (SSSR count). The second-order valence-corrected chi connectivity index (χ2v) is 8.83. The van der Waals surface area contributed by atoms with Crippen LogP contribution in [0.25, 0.3) is 0 Å². The first kappa shape index (κ1) is 21.9. The number of anilines is 1. The fourth-order valence-electron chi connectivity index (χ4n) is 2.96. The second-order valence-electron chi connectivity index (χ2n) is 6.90. The summed E-state index contributed by atoms with van der Waals surface area (Å²) >= 11 is 0. The Kier molecular flexibility index (Phi) is 6.86. The number of amides is 1. The Labute approximate surface area is 175 Å². The summed E-state index contributed by atoms with van der Waals surface area (Å²) in [7, 11) is -3.75. The molecule has 2 aromatic carbocycles. The lowest BCUT2D eigenvalue weighted by Gasteiger charge is -2.26. The normalized spacial score (nSPS) is 15.9. The summed E-state index contributed by atoms with van der Waals surface area (Å²) in [4.78, 5) is 25.0. The molecule has 0 spiro atoms. The molecule has 0 saturated carbocycles. The summed E-state index contributed by atoms with van der Waals surface area (Å²) in [5.41, 5.74) is 1.24. The van der Waals surface area contributed by atoms with Gasteiger partial charge in [-0.1, -0.05) is 24.3 Å². The van der Waals surface area contributed by atoms with E-state index in [2.05, 4.69) is 5.32 Å². The highest BCUT2D eigenvalue weighted by Crippen LogP contribution is 2.21. The van der Waals surface area contributed by atoms with Crippen LogP contribution in [0.1, 0.15) is 22.8 Å². The SMILES string of the molecule is Cc1ccc(S(=O)(=O)N2CCOCC2)cc1C(=O)OC(C)C(=O)Nc1ccccc1. The number of hydrogen-bond donors (Lipinski definition) is 1. The van der Waals surface area contributed by atoms with Gasteiger partial charge in [0.1, 0.15) is 0 Å². The number of morpholine rings is 1. The lowest BCUT2D eigenvalue weighted by Crippen LogP contribution is -2.40. The maximum atomic E-state index is 12.9. The molecule has 1 unspecified atom stereocenters. The van der Waals surface area contributed by atoms with Gasteiger partial charge in [-0.3, -0.25) is 4.79 Å². The molecule has 0 aliphatic carbocycles. The van der Waals surface area contributed by atoms with E-state index in [4.69, 9.17) is 9.47 Å². The van der Waals surface area contributed by atoms with Crippen LogP contribution in [0, 0.1) is 6.92 Å². The van der Waals surface area contributed by atoms with Gasteiger partial charge in [0.05, 0.1) is 23.7 Å². The Morgan fingerprint density at radius 2 is 1.77 bits per heavy atom. The van der Waals surface area contributed by atoms with E-state index in [1.807, 2.05) is 6.07 Å². The van der Waals surface area contributed by atoms with Gasteiger partial charge in [-0.05, 0) is 43.7 Å². The molecule has 1 atom stereocenters. The summed E-state index contributed by atoms with van der Waals surface area (Å²) in [6, 6.07) is 13.1. The number of hydrogen-bond acceptors (Lipinski definition) is 6. The lowest BCUT2D eigenvalue weighted by molar-refractivity contribution is -0.123. The molecule has 0 radical (unpaired) electrons. The van der Waals surface area contributed by atoms with Crippen molar-refractivity contribution in [1.29, 1.82) is 0 Å². The van der Waals surface area contributed by atoms with Crippen LogP contribution >= 0.6 is 0 Å². The zero-order valence-electron chi connectivity index (χ0n) is 16.8. The van der Waals surface area contributed by atoms with Crippen molar-refractivity contribution in [3.8, 4) is 0 Å². The van der Waals surface area contributed by atoms with Crippen LogP contribution in [0.2, 0.25) is 0 Å². The van der Waals surface area contributed by atoms with Crippen molar-refractivity contribution in [2.75, 3.05) is 31.6 Å². The minimum Gasteiger partial charge on any atom is -0.449 e. The number of carbonyl (C=O) groups is 2. The van der Waals surface area contributed by atoms with Gasteiger partial charge in [-0.25, -0.2) is 13.2 Å². The van der Waals surface area contributed by atoms with E-state index in [1.54, 1.807) is 37.3 Å². The van der Waals surface area contributed by atoms with Gasteiger partial charge in [0.25, 0.3) is 5.91 Å². The largest absolute Gasteiger partial charge is 0.449 e. The monoisotopic (exact) mass is 432 g/mol. The van der Waals surface area contributed by atoms with Crippen molar-refractivity contribution in [3.05, 3.63) is 59.7 Å². The van der Waals surface area contributed by atoms with E-state index in [-0.39, 0.29) is 23.5 Å². The Morgan fingerprint density at radius 1 is 1.10 bits per heavy atom. The van der Waals surface area contributed by atoms with E-state index >= 15 is 0 Å².